The van der Waals surface area contributed by atoms with Crippen LogP contribution in [0.5, 0.6) is 0 Å². The minimum atomic E-state index is -0.185. The van der Waals surface area contributed by atoms with Crippen molar-refractivity contribution < 1.29 is 11.0 Å². The van der Waals surface area contributed by atoms with Crippen molar-refractivity contribution in [3.05, 3.63) is 0 Å². The molecule has 0 aliphatic carbocycles. The van der Waals surface area contributed by atoms with Crippen LogP contribution < -0.4 is 0 Å². The van der Waals surface area contributed by atoms with Gasteiger partial charge in [-0.3, -0.25) is 14.5 Å². The van der Waals surface area contributed by atoms with E-state index >= 15 is 0 Å². The molecule has 0 bridgehead atoms. The van der Waals surface area contributed by atoms with Crippen molar-refractivity contribution in [3.63, 3.8) is 0 Å². The van der Waals surface area contributed by atoms with Gasteiger partial charge >= 0.3 is 0 Å². The lowest BCUT2D eigenvalue weighted by atomic mass is 10.2. The molecule has 1 aliphatic rings. The summed E-state index contributed by atoms with van der Waals surface area (Å²) < 4.78 is 7.04. The van der Waals surface area contributed by atoms with Gasteiger partial charge in [0, 0.05) is 14.3 Å². The predicted molar refractivity (Wildman–Crippen MR) is 67.4 cm³/mol. The van der Waals surface area contributed by atoms with Gasteiger partial charge in [0.05, 0.1) is 5.25 Å². The van der Waals surface area contributed by atoms with Gasteiger partial charge in [0.2, 0.25) is 11.8 Å². The van der Waals surface area contributed by atoms with Gasteiger partial charge in [-0.15, -0.1) is 11.8 Å². The summed E-state index contributed by atoms with van der Waals surface area (Å²) in [6.45, 7) is 3.08. The third kappa shape index (κ3) is 3.51. The van der Waals surface area contributed by atoms with Crippen molar-refractivity contribution in [3.8, 4) is 0 Å². The highest BCUT2D eigenvalue weighted by Gasteiger charge is 2.37. The van der Waals surface area contributed by atoms with Crippen molar-refractivity contribution in [2.45, 2.75) is 51.2 Å². The van der Waals surface area contributed by atoms with E-state index in [0.717, 1.165) is 31.4 Å². The smallest absolute Gasteiger partial charge is 0.242 e. The average Bonchev–Trinajstić information content (AvgIpc) is 2.57. The molecule has 1 heterocycles. The molecule has 16 heavy (non-hydrogen) atoms. The first kappa shape index (κ1) is 12.0. The maximum Gasteiger partial charge on any atom is 0.242 e. The van der Waals surface area contributed by atoms with Crippen LogP contribution >= 0.6 is 11.8 Å². The van der Waals surface area contributed by atoms with E-state index in [1.165, 1.54) is 16.7 Å². The summed E-state index contributed by atoms with van der Waals surface area (Å²) in [4.78, 5) is 25.0. The van der Waals surface area contributed by atoms with E-state index in [4.69, 9.17) is 1.37 Å². The number of hydrogen-bond donors (Lipinski definition) is 0. The molecule has 0 saturated carbocycles. The molecular formula is C12H21NO2S. The molecule has 0 radical (unpaired) electrons. The molecule has 2 amide bonds. The fraction of sp³-hybridized carbons (Fsp3) is 0.833. The van der Waals surface area contributed by atoms with Gasteiger partial charge in [0.15, 0.2) is 0 Å². The Morgan fingerprint density at radius 1 is 1.44 bits per heavy atom. The highest BCUT2D eigenvalue weighted by molar-refractivity contribution is 8.00. The summed E-state index contributed by atoms with van der Waals surface area (Å²) in [6.07, 6.45) is 4.22. The van der Waals surface area contributed by atoms with Crippen LogP contribution in [0.15, 0.2) is 0 Å². The van der Waals surface area contributed by atoms with Crippen LogP contribution in [0.4, 0.5) is 0 Å². The average molecular weight is 244 g/mol. The summed E-state index contributed by atoms with van der Waals surface area (Å²) in [5.74, 6) is 0.770. The fourth-order valence-electron chi connectivity index (χ4n) is 1.76. The number of hydrogen-bond acceptors (Lipinski definition) is 3. The first-order valence-corrected chi connectivity index (χ1v) is 7.00. The second-order valence-electron chi connectivity index (χ2n) is 4.01. The molecule has 4 heteroatoms. The van der Waals surface area contributed by atoms with Crippen molar-refractivity contribution in [1.82, 2.24) is 4.90 Å². The van der Waals surface area contributed by atoms with Gasteiger partial charge in [-0.25, -0.2) is 0 Å². The highest BCUT2D eigenvalue weighted by atomic mass is 32.2. The number of carbonyl (C=O) groups excluding carboxylic acids is 2. The van der Waals surface area contributed by atoms with E-state index in [1.54, 1.807) is 0 Å². The second-order valence-corrected chi connectivity index (χ2v) is 5.32. The number of unbranched alkanes of at least 4 members (excludes halogenated alkanes) is 2. The summed E-state index contributed by atoms with van der Waals surface area (Å²) in [7, 11) is 0. The minimum Gasteiger partial charge on any atom is -0.282 e. The molecule has 0 aromatic heterocycles. The number of amides is 2. The van der Waals surface area contributed by atoms with E-state index < -0.39 is 0 Å². The molecule has 1 atom stereocenters. The molecule has 0 aromatic rings. The summed E-state index contributed by atoms with van der Waals surface area (Å²) >= 11 is 1.53. The third-order valence-corrected chi connectivity index (χ3v) is 3.95. The Balaban J connectivity index is 2.36. The van der Waals surface area contributed by atoms with E-state index in [9.17, 15) is 9.59 Å². The van der Waals surface area contributed by atoms with E-state index in [-0.39, 0.29) is 17.1 Å². The Labute approximate surface area is 103 Å². The standard InChI is InChI=1S/C12H21NO2S/c1-3-5-6-7-13-11(14)9-10(12(13)15)16-8-4-2/h10H,3-9H2,1-2H3/i2D. The number of likely N-dealkylation sites (tertiary alicyclic amines) is 1. The van der Waals surface area contributed by atoms with Crippen LogP contribution in [-0.4, -0.2) is 34.3 Å². The van der Waals surface area contributed by atoms with Crippen molar-refractivity contribution in [2.75, 3.05) is 12.3 Å². The lowest BCUT2D eigenvalue weighted by Crippen LogP contribution is -2.32. The van der Waals surface area contributed by atoms with Crippen LogP contribution in [0.1, 0.15) is 47.3 Å². The topological polar surface area (TPSA) is 37.4 Å². The molecular weight excluding hydrogens is 222 g/mol. The van der Waals surface area contributed by atoms with Gasteiger partial charge in [-0.2, -0.15) is 0 Å². The summed E-state index contributed by atoms with van der Waals surface area (Å²) in [5, 5.41) is -0.185. The molecule has 0 spiro atoms. The fourth-order valence-corrected chi connectivity index (χ4v) is 2.74. The van der Waals surface area contributed by atoms with E-state index in [0.29, 0.717) is 19.9 Å². The lowest BCUT2D eigenvalue weighted by molar-refractivity contribution is -0.138. The van der Waals surface area contributed by atoms with Gasteiger partial charge in [0.25, 0.3) is 0 Å². The predicted octanol–water partition coefficient (Wildman–Crippen LogP) is 2.45. The monoisotopic (exact) mass is 244 g/mol. The molecule has 0 N–H and O–H groups in total. The van der Waals surface area contributed by atoms with Gasteiger partial charge < -0.3 is 0 Å². The molecule has 1 saturated heterocycles. The van der Waals surface area contributed by atoms with Crippen LogP contribution in [0.25, 0.3) is 0 Å². The first-order valence-electron chi connectivity index (χ1n) is 6.66. The zero-order valence-corrected chi connectivity index (χ0v) is 10.7. The molecule has 92 valence electrons. The SMILES string of the molecule is [2H]CCCSC1CC(=O)N(CCCCC)C1=O. The van der Waals surface area contributed by atoms with Crippen LogP contribution in [-0.2, 0) is 9.59 Å². The molecule has 1 aliphatic heterocycles. The van der Waals surface area contributed by atoms with Gasteiger partial charge in [-0.05, 0) is 18.6 Å². The third-order valence-electron chi connectivity index (χ3n) is 2.65. The van der Waals surface area contributed by atoms with Crippen molar-refractivity contribution in [2.24, 2.45) is 0 Å². The van der Waals surface area contributed by atoms with E-state index in [1.807, 2.05) is 0 Å². The van der Waals surface area contributed by atoms with Gasteiger partial charge in [-0.1, -0.05) is 26.7 Å². The normalized spacial score (nSPS) is 21.7. The maximum atomic E-state index is 11.9. The Morgan fingerprint density at radius 3 is 2.94 bits per heavy atom. The number of carbonyl (C=O) groups is 2. The molecule has 1 rings (SSSR count). The second kappa shape index (κ2) is 6.94. The number of imide groups is 1. The maximum absolute atomic E-state index is 11.9. The molecule has 1 unspecified atom stereocenters. The number of rotatable bonds is 7. The lowest BCUT2D eigenvalue weighted by Gasteiger charge is -2.14. The summed E-state index contributed by atoms with van der Waals surface area (Å²) in [6, 6.07) is 0. The van der Waals surface area contributed by atoms with Crippen molar-refractivity contribution >= 4 is 23.6 Å². The molecule has 1 fully saturated rings. The van der Waals surface area contributed by atoms with Crippen LogP contribution in [0.2, 0.25) is 0 Å². The first-order chi connectivity index (χ1) is 8.20. The minimum absolute atomic E-state index is 0.0129. The molecule has 0 aromatic carbocycles. The zero-order chi connectivity index (χ0) is 12.7. The van der Waals surface area contributed by atoms with E-state index in [2.05, 4.69) is 6.92 Å². The Hall–Kier alpha value is -0.510. The Bertz CT molecular complexity index is 273. The zero-order valence-electron chi connectivity index (χ0n) is 10.9. The largest absolute Gasteiger partial charge is 0.282 e. The Kier molecular flexibility index (Phi) is 5.19. The Morgan fingerprint density at radius 2 is 2.25 bits per heavy atom. The summed E-state index contributed by atoms with van der Waals surface area (Å²) in [5.41, 5.74) is 0. The van der Waals surface area contributed by atoms with Crippen LogP contribution in [0.3, 0.4) is 0 Å². The van der Waals surface area contributed by atoms with Gasteiger partial charge in [0.1, 0.15) is 0 Å². The number of nitrogens with zero attached hydrogens (tertiary/aromatic N) is 1. The number of thioether (sulfide) groups is 1. The van der Waals surface area contributed by atoms with Crippen molar-refractivity contribution in [1.29, 1.82) is 0 Å². The quantitative estimate of drug-likeness (QED) is 0.510. The molecule has 3 nitrogen and oxygen atoms in total. The highest BCUT2D eigenvalue weighted by Crippen LogP contribution is 2.25. The van der Waals surface area contributed by atoms with Crippen LogP contribution in [0, 0.1) is 0 Å².